The maximum Gasteiger partial charge on any atom is 0.253 e. The van der Waals surface area contributed by atoms with E-state index >= 15 is 0 Å². The molecule has 19 heavy (non-hydrogen) atoms. The Morgan fingerprint density at radius 2 is 2.05 bits per heavy atom. The van der Waals surface area contributed by atoms with Crippen molar-refractivity contribution in [1.29, 1.82) is 0 Å². The van der Waals surface area contributed by atoms with Crippen LogP contribution in [0.2, 0.25) is 9.36 Å². The molecule has 3 N–H and O–H groups in total. The van der Waals surface area contributed by atoms with Crippen molar-refractivity contribution in [2.45, 2.75) is 13.0 Å². The number of thiophene rings is 1. The van der Waals surface area contributed by atoms with Crippen LogP contribution < -0.4 is 11.1 Å². The summed E-state index contributed by atoms with van der Waals surface area (Å²) in [5.74, 6) is -0.253. The molecule has 0 spiro atoms. The fraction of sp³-hybridized carbons (Fsp3) is 0.154. The Balaban J connectivity index is 2.15. The highest BCUT2D eigenvalue weighted by Crippen LogP contribution is 2.27. The minimum atomic E-state index is -0.253. The van der Waals surface area contributed by atoms with Gasteiger partial charge < -0.3 is 11.1 Å². The van der Waals surface area contributed by atoms with E-state index in [1.165, 1.54) is 11.3 Å². The van der Waals surface area contributed by atoms with Gasteiger partial charge in [0.15, 0.2) is 0 Å². The minimum absolute atomic E-state index is 0.136. The SMILES string of the molecule is CC(NC(=O)c1cc(Cl)ccc1N)c1ccc(Cl)s1. The fourth-order valence-corrected chi connectivity index (χ4v) is 2.87. The van der Waals surface area contributed by atoms with Crippen molar-refractivity contribution in [2.24, 2.45) is 0 Å². The van der Waals surface area contributed by atoms with Gasteiger partial charge in [0.25, 0.3) is 5.91 Å². The average Bonchev–Trinajstić information content (AvgIpc) is 2.79. The van der Waals surface area contributed by atoms with Gasteiger partial charge in [-0.1, -0.05) is 23.2 Å². The highest BCUT2D eigenvalue weighted by atomic mass is 35.5. The van der Waals surface area contributed by atoms with Crippen LogP contribution in [0.1, 0.15) is 28.2 Å². The molecule has 6 heteroatoms. The van der Waals surface area contributed by atoms with Crippen LogP contribution in [0.4, 0.5) is 5.69 Å². The van der Waals surface area contributed by atoms with E-state index < -0.39 is 0 Å². The van der Waals surface area contributed by atoms with E-state index in [0.717, 1.165) is 4.88 Å². The van der Waals surface area contributed by atoms with Gasteiger partial charge in [-0.3, -0.25) is 4.79 Å². The maximum absolute atomic E-state index is 12.1. The minimum Gasteiger partial charge on any atom is -0.398 e. The molecule has 0 aliphatic carbocycles. The molecule has 0 saturated carbocycles. The number of benzene rings is 1. The molecule has 0 saturated heterocycles. The van der Waals surface area contributed by atoms with Gasteiger partial charge in [0, 0.05) is 15.6 Å². The number of nitrogens with two attached hydrogens (primary N) is 1. The molecule has 100 valence electrons. The van der Waals surface area contributed by atoms with Crippen LogP contribution in [-0.4, -0.2) is 5.91 Å². The van der Waals surface area contributed by atoms with E-state index in [9.17, 15) is 4.79 Å². The van der Waals surface area contributed by atoms with E-state index in [-0.39, 0.29) is 11.9 Å². The molecule has 1 aromatic heterocycles. The van der Waals surface area contributed by atoms with Crippen LogP contribution in [0.3, 0.4) is 0 Å². The second-order valence-electron chi connectivity index (χ2n) is 4.07. The van der Waals surface area contributed by atoms with Crippen molar-refractivity contribution in [3.8, 4) is 0 Å². The first-order valence-corrected chi connectivity index (χ1v) is 7.15. The van der Waals surface area contributed by atoms with Crippen molar-refractivity contribution in [1.82, 2.24) is 5.32 Å². The first kappa shape index (κ1) is 14.2. The lowest BCUT2D eigenvalue weighted by Crippen LogP contribution is -2.26. The summed E-state index contributed by atoms with van der Waals surface area (Å²) in [4.78, 5) is 13.1. The van der Waals surface area contributed by atoms with Gasteiger partial charge in [-0.2, -0.15) is 0 Å². The molecular formula is C13H12Cl2N2OS. The lowest BCUT2D eigenvalue weighted by atomic mass is 10.1. The summed E-state index contributed by atoms with van der Waals surface area (Å²) in [5, 5.41) is 3.35. The molecular weight excluding hydrogens is 303 g/mol. The highest BCUT2D eigenvalue weighted by molar-refractivity contribution is 7.16. The zero-order chi connectivity index (χ0) is 14.0. The van der Waals surface area contributed by atoms with Crippen molar-refractivity contribution in [3.05, 3.63) is 50.1 Å². The van der Waals surface area contributed by atoms with Crippen molar-refractivity contribution in [3.63, 3.8) is 0 Å². The summed E-state index contributed by atoms with van der Waals surface area (Å²) in [5.41, 5.74) is 6.55. The highest BCUT2D eigenvalue weighted by Gasteiger charge is 2.15. The molecule has 1 heterocycles. The zero-order valence-corrected chi connectivity index (χ0v) is 12.4. The third kappa shape index (κ3) is 3.41. The van der Waals surface area contributed by atoms with Crippen molar-refractivity contribution >= 4 is 46.1 Å². The summed E-state index contributed by atoms with van der Waals surface area (Å²) in [6.07, 6.45) is 0. The number of carbonyl (C=O) groups excluding carboxylic acids is 1. The molecule has 3 nitrogen and oxygen atoms in total. The Morgan fingerprint density at radius 1 is 1.32 bits per heavy atom. The maximum atomic E-state index is 12.1. The monoisotopic (exact) mass is 314 g/mol. The van der Waals surface area contributed by atoms with Crippen LogP contribution >= 0.6 is 34.5 Å². The molecule has 1 amide bonds. The summed E-state index contributed by atoms with van der Waals surface area (Å²) >= 11 is 13.2. The fourth-order valence-electron chi connectivity index (χ4n) is 1.63. The number of halogens is 2. The second-order valence-corrected chi connectivity index (χ2v) is 6.25. The first-order chi connectivity index (χ1) is 8.97. The van der Waals surface area contributed by atoms with Gasteiger partial charge in [-0.15, -0.1) is 11.3 Å². The average molecular weight is 315 g/mol. The number of hydrogen-bond acceptors (Lipinski definition) is 3. The predicted molar refractivity (Wildman–Crippen MR) is 81.1 cm³/mol. The molecule has 0 radical (unpaired) electrons. The third-order valence-corrected chi connectivity index (χ3v) is 4.28. The number of anilines is 1. The molecule has 1 aromatic carbocycles. The normalized spacial score (nSPS) is 12.2. The van der Waals surface area contributed by atoms with E-state index in [1.54, 1.807) is 24.3 Å². The largest absolute Gasteiger partial charge is 0.398 e. The summed E-state index contributed by atoms with van der Waals surface area (Å²) in [6, 6.07) is 8.38. The van der Waals surface area contributed by atoms with Gasteiger partial charge >= 0.3 is 0 Å². The molecule has 2 rings (SSSR count). The topological polar surface area (TPSA) is 55.1 Å². The van der Waals surface area contributed by atoms with E-state index in [1.807, 2.05) is 13.0 Å². The van der Waals surface area contributed by atoms with E-state index in [4.69, 9.17) is 28.9 Å². The Morgan fingerprint density at radius 3 is 2.68 bits per heavy atom. The number of hydrogen-bond donors (Lipinski definition) is 2. The Kier molecular flexibility index (Phi) is 4.34. The Hall–Kier alpha value is -1.23. The number of nitrogens with one attached hydrogen (secondary N) is 1. The lowest BCUT2D eigenvalue weighted by Gasteiger charge is -2.13. The standard InChI is InChI=1S/C13H12Cl2N2OS/c1-7(11-4-5-12(15)19-11)17-13(18)9-6-8(14)2-3-10(9)16/h2-7H,16H2,1H3,(H,17,18). The zero-order valence-electron chi connectivity index (χ0n) is 10.1. The number of amides is 1. The van der Waals surface area contributed by atoms with Gasteiger partial charge in [-0.25, -0.2) is 0 Å². The van der Waals surface area contributed by atoms with Crippen LogP contribution in [0.5, 0.6) is 0 Å². The quantitative estimate of drug-likeness (QED) is 0.837. The molecule has 0 bridgehead atoms. The summed E-state index contributed by atoms with van der Waals surface area (Å²) < 4.78 is 0.693. The third-order valence-electron chi connectivity index (χ3n) is 2.63. The smallest absolute Gasteiger partial charge is 0.253 e. The van der Waals surface area contributed by atoms with Crippen LogP contribution in [0.25, 0.3) is 0 Å². The van der Waals surface area contributed by atoms with Crippen molar-refractivity contribution < 1.29 is 4.79 Å². The van der Waals surface area contributed by atoms with Crippen LogP contribution in [0, 0.1) is 0 Å². The Labute approximate surface area is 125 Å². The molecule has 1 atom stereocenters. The van der Waals surface area contributed by atoms with Crippen molar-refractivity contribution in [2.75, 3.05) is 5.73 Å². The second kappa shape index (κ2) is 5.82. The van der Waals surface area contributed by atoms with Gasteiger partial charge in [0.2, 0.25) is 0 Å². The van der Waals surface area contributed by atoms with Gasteiger partial charge in [0.1, 0.15) is 0 Å². The molecule has 1 unspecified atom stereocenters. The van der Waals surface area contributed by atoms with Crippen LogP contribution in [0.15, 0.2) is 30.3 Å². The van der Waals surface area contributed by atoms with Crippen LogP contribution in [-0.2, 0) is 0 Å². The molecule has 0 aliphatic rings. The summed E-state index contributed by atoms with van der Waals surface area (Å²) in [7, 11) is 0. The van der Waals surface area contributed by atoms with Gasteiger partial charge in [-0.05, 0) is 37.3 Å². The predicted octanol–water partition coefficient (Wildman–Crippen LogP) is 4.13. The Bertz CT molecular complexity index is 612. The lowest BCUT2D eigenvalue weighted by molar-refractivity contribution is 0.0941. The number of carbonyl (C=O) groups is 1. The number of nitrogen functional groups attached to an aromatic ring is 1. The summed E-state index contributed by atoms with van der Waals surface area (Å²) in [6.45, 7) is 1.89. The van der Waals surface area contributed by atoms with E-state index in [2.05, 4.69) is 5.32 Å². The molecule has 0 aliphatic heterocycles. The molecule has 2 aromatic rings. The van der Waals surface area contributed by atoms with E-state index in [0.29, 0.717) is 20.6 Å². The first-order valence-electron chi connectivity index (χ1n) is 5.58. The molecule has 0 fully saturated rings. The van der Waals surface area contributed by atoms with Gasteiger partial charge in [0.05, 0.1) is 15.9 Å². The number of rotatable bonds is 3.